The fraction of sp³-hybridized carbons (Fsp3) is 0.438. The van der Waals surface area contributed by atoms with E-state index in [1.807, 2.05) is 19.1 Å². The lowest BCUT2D eigenvalue weighted by atomic mass is 9.92. The molecule has 3 rings (SSSR count). The number of rotatable bonds is 4. The molecule has 1 unspecified atom stereocenters. The Morgan fingerprint density at radius 3 is 3.05 bits per heavy atom. The molecule has 1 atom stereocenters. The first-order valence-electron chi connectivity index (χ1n) is 7.40. The number of H-pyrrole nitrogens is 1. The predicted molar refractivity (Wildman–Crippen MR) is 79.9 cm³/mol. The quantitative estimate of drug-likeness (QED) is 0.874. The van der Waals surface area contributed by atoms with Crippen molar-refractivity contribution in [3.8, 4) is 0 Å². The summed E-state index contributed by atoms with van der Waals surface area (Å²) < 4.78 is 0. The van der Waals surface area contributed by atoms with Crippen LogP contribution in [0.1, 0.15) is 34.7 Å². The van der Waals surface area contributed by atoms with Gasteiger partial charge in [-0.1, -0.05) is 6.07 Å². The number of carbonyl (C=O) groups is 1. The number of aryl methyl sites for hydroxylation is 1. The molecule has 21 heavy (non-hydrogen) atoms. The van der Waals surface area contributed by atoms with Crippen molar-refractivity contribution >= 4 is 5.78 Å². The number of carbonyl (C=O) groups excluding carboxylic acids is 1. The van der Waals surface area contributed by atoms with Gasteiger partial charge in [-0.2, -0.15) is 0 Å². The zero-order valence-corrected chi connectivity index (χ0v) is 12.2. The molecule has 0 aliphatic carbocycles. The summed E-state index contributed by atoms with van der Waals surface area (Å²) >= 11 is 0. The zero-order valence-electron chi connectivity index (χ0n) is 12.2. The number of piperidine rings is 1. The minimum Gasteiger partial charge on any atom is -0.348 e. The van der Waals surface area contributed by atoms with Gasteiger partial charge in [-0.15, -0.1) is 0 Å². The molecule has 1 N–H and O–H groups in total. The molecule has 0 amide bonds. The molecule has 0 spiro atoms. The maximum atomic E-state index is 12.5. The highest BCUT2D eigenvalue weighted by Gasteiger charge is 2.27. The molecule has 1 fully saturated rings. The van der Waals surface area contributed by atoms with Crippen LogP contribution in [0, 0.1) is 12.8 Å². The molecule has 0 bridgehead atoms. The first kappa shape index (κ1) is 13.9. The second kappa shape index (κ2) is 6.18. The Morgan fingerprint density at radius 2 is 2.33 bits per heavy atom. The highest BCUT2D eigenvalue weighted by molar-refractivity contribution is 5.96. The number of aromatic nitrogens is 3. The van der Waals surface area contributed by atoms with Crippen LogP contribution in [-0.2, 0) is 6.54 Å². The molecule has 5 heteroatoms. The van der Waals surface area contributed by atoms with Crippen molar-refractivity contribution < 1.29 is 4.79 Å². The number of Topliss-reactive ketones (excluding diaryl/α,β-unsaturated/α-hetero) is 1. The number of hydrogen-bond donors (Lipinski definition) is 1. The van der Waals surface area contributed by atoms with E-state index in [4.69, 9.17) is 0 Å². The fourth-order valence-corrected chi connectivity index (χ4v) is 2.89. The Labute approximate surface area is 124 Å². The lowest BCUT2D eigenvalue weighted by molar-refractivity contribution is 0.0805. The zero-order chi connectivity index (χ0) is 14.7. The molecular formula is C16H20N4O. The minimum atomic E-state index is 0.0490. The van der Waals surface area contributed by atoms with Gasteiger partial charge in [0.2, 0.25) is 0 Å². The number of hydrogen-bond acceptors (Lipinski definition) is 4. The number of ketones is 1. The van der Waals surface area contributed by atoms with Gasteiger partial charge in [-0.05, 0) is 38.4 Å². The van der Waals surface area contributed by atoms with Gasteiger partial charge in [0, 0.05) is 30.9 Å². The largest absolute Gasteiger partial charge is 0.348 e. The van der Waals surface area contributed by atoms with Gasteiger partial charge < -0.3 is 4.98 Å². The summed E-state index contributed by atoms with van der Waals surface area (Å²) in [5.74, 6) is 0.215. The van der Waals surface area contributed by atoms with E-state index in [1.165, 1.54) is 0 Å². The van der Waals surface area contributed by atoms with E-state index in [-0.39, 0.29) is 11.7 Å². The van der Waals surface area contributed by atoms with Crippen LogP contribution in [0.5, 0.6) is 0 Å². The van der Waals surface area contributed by atoms with E-state index < -0.39 is 0 Å². The van der Waals surface area contributed by atoms with Gasteiger partial charge in [-0.25, -0.2) is 4.98 Å². The Balaban J connectivity index is 1.66. The number of nitrogens with zero attached hydrogens (tertiary/aromatic N) is 3. The van der Waals surface area contributed by atoms with Gasteiger partial charge in [-0.3, -0.25) is 14.7 Å². The topological polar surface area (TPSA) is 61.9 Å². The SMILES string of the molecule is Cc1[nH]cnc1CN1CCCC(C(=O)c2ccccn2)C1. The highest BCUT2D eigenvalue weighted by atomic mass is 16.1. The van der Waals surface area contributed by atoms with Crippen LogP contribution in [-0.4, -0.2) is 38.7 Å². The molecule has 1 aliphatic heterocycles. The third kappa shape index (κ3) is 3.19. The van der Waals surface area contributed by atoms with Crippen LogP contribution in [0.25, 0.3) is 0 Å². The summed E-state index contributed by atoms with van der Waals surface area (Å²) in [7, 11) is 0. The second-order valence-electron chi connectivity index (χ2n) is 5.63. The van der Waals surface area contributed by atoms with Crippen molar-refractivity contribution in [2.75, 3.05) is 13.1 Å². The van der Waals surface area contributed by atoms with Crippen molar-refractivity contribution in [3.05, 3.63) is 47.8 Å². The van der Waals surface area contributed by atoms with Gasteiger partial charge in [0.25, 0.3) is 0 Å². The summed E-state index contributed by atoms with van der Waals surface area (Å²) in [6.07, 6.45) is 5.41. The number of likely N-dealkylation sites (tertiary alicyclic amines) is 1. The molecule has 0 radical (unpaired) electrons. The average Bonchev–Trinajstić information content (AvgIpc) is 2.93. The lowest BCUT2D eigenvalue weighted by Crippen LogP contribution is -2.38. The number of imidazole rings is 1. The van der Waals surface area contributed by atoms with Crippen LogP contribution in [0.2, 0.25) is 0 Å². The third-order valence-electron chi connectivity index (χ3n) is 4.10. The molecule has 1 aliphatic rings. The van der Waals surface area contributed by atoms with Gasteiger partial charge in [0.05, 0.1) is 12.0 Å². The summed E-state index contributed by atoms with van der Waals surface area (Å²) in [4.78, 5) is 26.5. The van der Waals surface area contributed by atoms with Gasteiger partial charge in [0.15, 0.2) is 5.78 Å². The van der Waals surface area contributed by atoms with Gasteiger partial charge in [0.1, 0.15) is 5.69 Å². The maximum Gasteiger partial charge on any atom is 0.185 e. The summed E-state index contributed by atoms with van der Waals surface area (Å²) in [6, 6.07) is 5.51. The molecule has 0 aromatic carbocycles. The third-order valence-corrected chi connectivity index (χ3v) is 4.10. The van der Waals surface area contributed by atoms with E-state index in [0.29, 0.717) is 5.69 Å². The Hall–Kier alpha value is -2.01. The average molecular weight is 284 g/mol. The number of nitrogens with one attached hydrogen (secondary N) is 1. The molecule has 2 aromatic rings. The van der Waals surface area contributed by atoms with Crippen LogP contribution >= 0.6 is 0 Å². The minimum absolute atomic E-state index is 0.0490. The van der Waals surface area contributed by atoms with Crippen molar-refractivity contribution in [3.63, 3.8) is 0 Å². The Bertz CT molecular complexity index is 608. The molecule has 0 saturated carbocycles. The summed E-state index contributed by atoms with van der Waals surface area (Å²) in [5, 5.41) is 0. The first-order chi connectivity index (χ1) is 10.2. The van der Waals surface area contributed by atoms with Crippen LogP contribution < -0.4 is 0 Å². The summed E-state index contributed by atoms with van der Waals surface area (Å²) in [5.41, 5.74) is 2.76. The van der Waals surface area contributed by atoms with Crippen LogP contribution in [0.15, 0.2) is 30.7 Å². The van der Waals surface area contributed by atoms with E-state index in [9.17, 15) is 4.79 Å². The van der Waals surface area contributed by atoms with Crippen LogP contribution in [0.4, 0.5) is 0 Å². The molecule has 5 nitrogen and oxygen atoms in total. The van der Waals surface area contributed by atoms with Crippen molar-refractivity contribution in [2.45, 2.75) is 26.3 Å². The van der Waals surface area contributed by atoms with E-state index in [2.05, 4.69) is 19.9 Å². The normalized spacial score (nSPS) is 19.6. The maximum absolute atomic E-state index is 12.5. The van der Waals surface area contributed by atoms with E-state index in [0.717, 1.165) is 43.9 Å². The lowest BCUT2D eigenvalue weighted by Gasteiger charge is -2.31. The van der Waals surface area contributed by atoms with Crippen LogP contribution in [0.3, 0.4) is 0 Å². The molecular weight excluding hydrogens is 264 g/mol. The van der Waals surface area contributed by atoms with Crippen molar-refractivity contribution in [2.24, 2.45) is 5.92 Å². The first-order valence-corrected chi connectivity index (χ1v) is 7.40. The van der Waals surface area contributed by atoms with Crippen molar-refractivity contribution in [1.82, 2.24) is 19.9 Å². The number of aromatic amines is 1. The van der Waals surface area contributed by atoms with Gasteiger partial charge >= 0.3 is 0 Å². The van der Waals surface area contributed by atoms with E-state index in [1.54, 1.807) is 18.6 Å². The molecule has 1 saturated heterocycles. The monoisotopic (exact) mass is 284 g/mol. The fourth-order valence-electron chi connectivity index (χ4n) is 2.89. The highest BCUT2D eigenvalue weighted by Crippen LogP contribution is 2.21. The Morgan fingerprint density at radius 1 is 1.43 bits per heavy atom. The summed E-state index contributed by atoms with van der Waals surface area (Å²) in [6.45, 7) is 4.66. The van der Waals surface area contributed by atoms with Crippen molar-refractivity contribution in [1.29, 1.82) is 0 Å². The molecule has 110 valence electrons. The van der Waals surface area contributed by atoms with E-state index >= 15 is 0 Å². The number of pyridine rings is 1. The standard InChI is InChI=1S/C16H20N4O/c1-12-15(19-11-18-12)10-20-8-4-5-13(9-20)16(21)14-6-2-3-7-17-14/h2-3,6-7,11,13H,4-5,8-10H2,1H3,(H,18,19). The smallest absolute Gasteiger partial charge is 0.185 e. The second-order valence-corrected chi connectivity index (χ2v) is 5.63. The molecule has 3 heterocycles. The Kier molecular flexibility index (Phi) is 4.10. The predicted octanol–water partition coefficient (Wildman–Crippen LogP) is 2.21. The molecule has 2 aromatic heterocycles.